The van der Waals surface area contributed by atoms with Crippen molar-refractivity contribution in [1.82, 2.24) is 0 Å². The van der Waals surface area contributed by atoms with Crippen molar-refractivity contribution in [3.63, 3.8) is 0 Å². The number of esters is 2. The number of aliphatic carboxylic acids is 1. The molecule has 1 N–H and O–H groups in total. The first-order valence-electron chi connectivity index (χ1n) is 18.2. The molecule has 0 radical (unpaired) electrons. The summed E-state index contributed by atoms with van der Waals surface area (Å²) in [5.74, 6) is -1.61. The van der Waals surface area contributed by atoms with E-state index in [-0.39, 0.29) is 42.7 Å². The number of ether oxygens (including phenoxy) is 3. The molecule has 0 bridgehead atoms. The maximum atomic E-state index is 12.5. The summed E-state index contributed by atoms with van der Waals surface area (Å²) in [6.45, 7) is 4.46. The van der Waals surface area contributed by atoms with E-state index in [0.29, 0.717) is 19.3 Å². The lowest BCUT2D eigenvalue weighted by Crippen LogP contribution is -2.50. The highest BCUT2D eigenvalue weighted by Crippen LogP contribution is 2.11. The standard InChI is InChI=1S/C39H67NO7/c1-6-8-10-12-14-15-16-17-18-19-20-21-22-24-25-27-29-37(41)46-34-35(33-45-32-31-36(39(43)44)40(3,4)5)47-38(42)30-28-26-23-13-11-9-7-2/h9,11,18-21,23,26,35-36H,6-8,10,12-17,22,24-25,27-34H2,1-5H3/p+1/b11-9+,19-18+,21-20+,26-23+. The van der Waals surface area contributed by atoms with E-state index < -0.39 is 18.1 Å². The fraction of sp³-hybridized carbons (Fsp3) is 0.718. The third-order valence-corrected chi connectivity index (χ3v) is 7.75. The summed E-state index contributed by atoms with van der Waals surface area (Å²) in [6.07, 6.45) is 33.4. The molecule has 0 aromatic carbocycles. The molecule has 2 atom stereocenters. The molecule has 0 rings (SSSR count). The van der Waals surface area contributed by atoms with Gasteiger partial charge in [-0.1, -0.05) is 107 Å². The zero-order valence-electron chi connectivity index (χ0n) is 30.5. The van der Waals surface area contributed by atoms with Gasteiger partial charge in [-0.3, -0.25) is 9.59 Å². The van der Waals surface area contributed by atoms with E-state index in [1.807, 2.05) is 33.3 Å². The molecular formula is C39H68NO7+. The van der Waals surface area contributed by atoms with Crippen LogP contribution in [-0.2, 0) is 28.6 Å². The van der Waals surface area contributed by atoms with Gasteiger partial charge in [0.2, 0.25) is 0 Å². The number of hydrogen-bond donors (Lipinski definition) is 1. The van der Waals surface area contributed by atoms with Gasteiger partial charge in [-0.05, 0) is 51.4 Å². The lowest BCUT2D eigenvalue weighted by Gasteiger charge is -2.31. The van der Waals surface area contributed by atoms with Gasteiger partial charge in [-0.15, -0.1) is 0 Å². The second-order valence-electron chi connectivity index (χ2n) is 13.1. The van der Waals surface area contributed by atoms with Crippen LogP contribution in [-0.4, -0.2) is 80.6 Å². The summed E-state index contributed by atoms with van der Waals surface area (Å²) in [6, 6.07) is -0.626. The minimum absolute atomic E-state index is 0.0278. The molecule has 0 aromatic rings. The summed E-state index contributed by atoms with van der Waals surface area (Å²) < 4.78 is 17.0. The summed E-state index contributed by atoms with van der Waals surface area (Å²) in [4.78, 5) is 36.5. The maximum Gasteiger partial charge on any atom is 0.362 e. The van der Waals surface area contributed by atoms with Crippen molar-refractivity contribution in [2.24, 2.45) is 0 Å². The minimum atomic E-state index is -0.891. The predicted molar refractivity (Wildman–Crippen MR) is 192 cm³/mol. The predicted octanol–water partition coefficient (Wildman–Crippen LogP) is 8.90. The smallest absolute Gasteiger partial charge is 0.362 e. The highest BCUT2D eigenvalue weighted by atomic mass is 16.6. The number of carbonyl (C=O) groups excluding carboxylic acids is 2. The second-order valence-corrected chi connectivity index (χ2v) is 13.1. The molecule has 0 saturated carbocycles. The van der Waals surface area contributed by atoms with Gasteiger partial charge < -0.3 is 23.8 Å². The monoisotopic (exact) mass is 662 g/mol. The molecular weight excluding hydrogens is 594 g/mol. The first kappa shape index (κ1) is 44.3. The number of unbranched alkanes of at least 4 members (excludes halogenated alkanes) is 10. The lowest BCUT2D eigenvalue weighted by molar-refractivity contribution is -0.887. The van der Waals surface area contributed by atoms with Gasteiger partial charge in [0.25, 0.3) is 0 Å². The number of rotatable bonds is 31. The average molecular weight is 663 g/mol. The third-order valence-electron chi connectivity index (χ3n) is 7.75. The fourth-order valence-corrected chi connectivity index (χ4v) is 4.90. The van der Waals surface area contributed by atoms with Crippen LogP contribution in [0.25, 0.3) is 0 Å². The van der Waals surface area contributed by atoms with Crippen molar-refractivity contribution in [3.8, 4) is 0 Å². The Labute approximate surface area is 286 Å². The number of hydrogen-bond acceptors (Lipinski definition) is 6. The van der Waals surface area contributed by atoms with Crippen LogP contribution in [0.3, 0.4) is 0 Å². The molecule has 0 saturated heterocycles. The van der Waals surface area contributed by atoms with E-state index in [0.717, 1.165) is 44.9 Å². The molecule has 0 aliphatic carbocycles. The Morgan fingerprint density at radius 2 is 1.30 bits per heavy atom. The zero-order chi connectivity index (χ0) is 35.0. The molecule has 270 valence electrons. The number of carboxylic acid groups (broad SMARTS) is 1. The van der Waals surface area contributed by atoms with E-state index in [4.69, 9.17) is 14.2 Å². The molecule has 2 unspecified atom stereocenters. The quantitative estimate of drug-likeness (QED) is 0.0260. The Hall–Kier alpha value is -2.71. The van der Waals surface area contributed by atoms with Crippen molar-refractivity contribution < 1.29 is 38.2 Å². The first-order valence-corrected chi connectivity index (χ1v) is 18.2. The normalized spacial score (nSPS) is 13.6. The Kier molecular flexibility index (Phi) is 28.8. The number of carbonyl (C=O) groups is 3. The van der Waals surface area contributed by atoms with Crippen LogP contribution in [0, 0.1) is 0 Å². The van der Waals surface area contributed by atoms with Crippen LogP contribution in [0.4, 0.5) is 0 Å². The fourth-order valence-electron chi connectivity index (χ4n) is 4.90. The van der Waals surface area contributed by atoms with Crippen LogP contribution < -0.4 is 0 Å². The van der Waals surface area contributed by atoms with Crippen LogP contribution in [0.2, 0.25) is 0 Å². The molecule has 8 heteroatoms. The van der Waals surface area contributed by atoms with E-state index in [1.54, 1.807) is 0 Å². The third kappa shape index (κ3) is 29.2. The summed E-state index contributed by atoms with van der Waals surface area (Å²) in [5.41, 5.74) is 0. The second kappa shape index (κ2) is 30.6. The van der Waals surface area contributed by atoms with Gasteiger partial charge >= 0.3 is 17.9 Å². The summed E-state index contributed by atoms with van der Waals surface area (Å²) >= 11 is 0. The highest BCUT2D eigenvalue weighted by molar-refractivity contribution is 5.72. The SMILES string of the molecule is CC/C=C/C/C=C/CCC(=O)OC(COCCC(C(=O)O)[N+](C)(C)C)COC(=O)CCCCC/C=C/C=C/CCCCCCCCC. The van der Waals surface area contributed by atoms with Crippen LogP contribution in [0.5, 0.6) is 0 Å². The van der Waals surface area contributed by atoms with E-state index in [2.05, 4.69) is 50.3 Å². The van der Waals surface area contributed by atoms with E-state index in [9.17, 15) is 19.5 Å². The van der Waals surface area contributed by atoms with E-state index in [1.165, 1.54) is 44.9 Å². The van der Waals surface area contributed by atoms with Crippen molar-refractivity contribution in [2.75, 3.05) is 41.0 Å². The van der Waals surface area contributed by atoms with Crippen molar-refractivity contribution in [2.45, 2.75) is 142 Å². The van der Waals surface area contributed by atoms with Crippen molar-refractivity contribution >= 4 is 17.9 Å². The summed E-state index contributed by atoms with van der Waals surface area (Å²) in [7, 11) is 5.47. The maximum absolute atomic E-state index is 12.5. The van der Waals surface area contributed by atoms with Gasteiger partial charge in [0, 0.05) is 19.3 Å². The highest BCUT2D eigenvalue weighted by Gasteiger charge is 2.31. The number of allylic oxidation sites excluding steroid dienone is 8. The lowest BCUT2D eigenvalue weighted by atomic mass is 10.1. The van der Waals surface area contributed by atoms with Gasteiger partial charge in [0.05, 0.1) is 34.4 Å². The van der Waals surface area contributed by atoms with Crippen LogP contribution >= 0.6 is 0 Å². The molecule has 8 nitrogen and oxygen atoms in total. The number of nitrogens with zero attached hydrogens (tertiary/aromatic N) is 1. The number of quaternary nitrogens is 1. The number of likely N-dealkylation sites (N-methyl/N-ethyl adjacent to an activating group) is 1. The van der Waals surface area contributed by atoms with Crippen LogP contribution in [0.15, 0.2) is 48.6 Å². The Bertz CT molecular complexity index is 917. The first-order chi connectivity index (χ1) is 22.6. The average Bonchev–Trinajstić information content (AvgIpc) is 3.01. The van der Waals surface area contributed by atoms with Gasteiger partial charge in [0.1, 0.15) is 6.61 Å². The largest absolute Gasteiger partial charge is 0.477 e. The molecule has 47 heavy (non-hydrogen) atoms. The molecule has 0 amide bonds. The Morgan fingerprint density at radius 3 is 1.91 bits per heavy atom. The molecule has 0 aliphatic rings. The molecule has 0 aromatic heterocycles. The topological polar surface area (TPSA) is 99.1 Å². The zero-order valence-corrected chi connectivity index (χ0v) is 30.5. The van der Waals surface area contributed by atoms with Crippen molar-refractivity contribution in [3.05, 3.63) is 48.6 Å². The minimum Gasteiger partial charge on any atom is -0.477 e. The Balaban J connectivity index is 4.44. The van der Waals surface area contributed by atoms with E-state index >= 15 is 0 Å². The van der Waals surface area contributed by atoms with Gasteiger partial charge in [-0.25, -0.2) is 4.79 Å². The molecule has 0 aliphatic heterocycles. The molecule has 0 fully saturated rings. The number of carboxylic acids is 1. The molecule has 0 spiro atoms. The van der Waals surface area contributed by atoms with Crippen molar-refractivity contribution in [1.29, 1.82) is 0 Å². The van der Waals surface area contributed by atoms with Crippen LogP contribution in [0.1, 0.15) is 129 Å². The van der Waals surface area contributed by atoms with Gasteiger partial charge in [-0.2, -0.15) is 0 Å². The Morgan fingerprint density at radius 1 is 0.681 bits per heavy atom. The van der Waals surface area contributed by atoms with Gasteiger partial charge in [0.15, 0.2) is 12.1 Å². The summed E-state index contributed by atoms with van der Waals surface area (Å²) in [5, 5.41) is 9.54. The molecule has 0 heterocycles.